The summed E-state index contributed by atoms with van der Waals surface area (Å²) in [6.07, 6.45) is 5.15. The molecule has 1 aliphatic carbocycles. The molecule has 1 aliphatic rings. The predicted molar refractivity (Wildman–Crippen MR) is 65.2 cm³/mol. The summed E-state index contributed by atoms with van der Waals surface area (Å²) in [6, 6.07) is -0.541. The quantitative estimate of drug-likeness (QED) is 0.757. The third-order valence-electron chi connectivity index (χ3n) is 3.04. The second kappa shape index (κ2) is 6.35. The minimum absolute atomic E-state index is 0.136. The van der Waals surface area contributed by atoms with Crippen LogP contribution in [0.15, 0.2) is 0 Å². The lowest BCUT2D eigenvalue weighted by atomic mass is 9.91. The van der Waals surface area contributed by atoms with Crippen molar-refractivity contribution in [2.75, 3.05) is 5.75 Å². The Balaban J connectivity index is 2.41. The number of nitrogens with one attached hydrogen (secondary N) is 1. The highest BCUT2D eigenvalue weighted by molar-refractivity contribution is 7.89. The van der Waals surface area contributed by atoms with Crippen molar-refractivity contribution in [2.45, 2.75) is 51.5 Å². The van der Waals surface area contributed by atoms with Gasteiger partial charge in [0.2, 0.25) is 10.0 Å². The van der Waals surface area contributed by atoms with E-state index in [4.69, 9.17) is 5.11 Å². The van der Waals surface area contributed by atoms with Gasteiger partial charge in [0, 0.05) is 6.04 Å². The Labute approximate surface area is 103 Å². The van der Waals surface area contributed by atoms with Gasteiger partial charge in [-0.05, 0) is 25.7 Å². The lowest BCUT2D eigenvalue weighted by Gasteiger charge is -2.22. The Kier molecular flexibility index (Phi) is 5.39. The van der Waals surface area contributed by atoms with Gasteiger partial charge in [-0.25, -0.2) is 13.1 Å². The molecule has 0 bridgehead atoms. The van der Waals surface area contributed by atoms with E-state index in [-0.39, 0.29) is 18.1 Å². The predicted octanol–water partition coefficient (Wildman–Crippen LogP) is 1.35. The summed E-state index contributed by atoms with van der Waals surface area (Å²) in [6.45, 7) is 1.58. The molecular formula is C11H21NO4S. The first-order valence-electron chi connectivity index (χ1n) is 6.11. The SMILES string of the molecule is CC(CC(=O)O)NS(=O)(=O)CC1CCCCC1. The largest absolute Gasteiger partial charge is 0.481 e. The smallest absolute Gasteiger partial charge is 0.304 e. The normalized spacial score (nSPS) is 20.1. The maximum atomic E-state index is 11.8. The average molecular weight is 263 g/mol. The van der Waals surface area contributed by atoms with Crippen LogP contribution in [0.5, 0.6) is 0 Å². The van der Waals surface area contributed by atoms with Gasteiger partial charge in [0.05, 0.1) is 12.2 Å². The van der Waals surface area contributed by atoms with E-state index >= 15 is 0 Å². The van der Waals surface area contributed by atoms with Crippen LogP contribution in [-0.2, 0) is 14.8 Å². The topological polar surface area (TPSA) is 83.5 Å². The Morgan fingerprint density at radius 1 is 1.35 bits per heavy atom. The molecule has 0 saturated heterocycles. The van der Waals surface area contributed by atoms with Gasteiger partial charge in [0.15, 0.2) is 0 Å². The third kappa shape index (κ3) is 6.02. The Hall–Kier alpha value is -0.620. The molecule has 1 atom stereocenters. The molecule has 0 heterocycles. The lowest BCUT2D eigenvalue weighted by molar-refractivity contribution is -0.137. The standard InChI is InChI=1S/C11H21NO4S/c1-9(7-11(13)14)12-17(15,16)8-10-5-3-2-4-6-10/h9-10,12H,2-8H2,1H3,(H,13,14). The van der Waals surface area contributed by atoms with Crippen molar-refractivity contribution in [3.63, 3.8) is 0 Å². The van der Waals surface area contributed by atoms with Crippen molar-refractivity contribution < 1.29 is 18.3 Å². The van der Waals surface area contributed by atoms with Gasteiger partial charge in [-0.2, -0.15) is 0 Å². The van der Waals surface area contributed by atoms with Gasteiger partial charge in [-0.3, -0.25) is 4.79 Å². The van der Waals surface area contributed by atoms with Gasteiger partial charge in [0.1, 0.15) is 0 Å². The summed E-state index contributed by atoms with van der Waals surface area (Å²) in [7, 11) is -3.34. The van der Waals surface area contributed by atoms with Gasteiger partial charge < -0.3 is 5.11 Å². The number of hydrogen-bond donors (Lipinski definition) is 2. The molecule has 0 aromatic carbocycles. The molecule has 0 amide bonds. The van der Waals surface area contributed by atoms with E-state index < -0.39 is 22.0 Å². The second-order valence-electron chi connectivity index (χ2n) is 4.90. The van der Waals surface area contributed by atoms with Gasteiger partial charge >= 0.3 is 5.97 Å². The highest BCUT2D eigenvalue weighted by atomic mass is 32.2. The van der Waals surface area contributed by atoms with E-state index in [1.807, 2.05) is 0 Å². The van der Waals surface area contributed by atoms with Crippen LogP contribution >= 0.6 is 0 Å². The molecular weight excluding hydrogens is 242 g/mol. The average Bonchev–Trinajstić information content (AvgIpc) is 2.15. The zero-order valence-corrected chi connectivity index (χ0v) is 11.0. The number of aliphatic carboxylic acids is 1. The van der Waals surface area contributed by atoms with E-state index in [9.17, 15) is 13.2 Å². The summed E-state index contributed by atoms with van der Waals surface area (Å²) < 4.78 is 26.0. The molecule has 1 saturated carbocycles. The Morgan fingerprint density at radius 2 is 1.94 bits per heavy atom. The Morgan fingerprint density at radius 3 is 2.47 bits per heavy atom. The van der Waals surface area contributed by atoms with E-state index in [0.717, 1.165) is 25.7 Å². The van der Waals surface area contributed by atoms with Crippen LogP contribution in [0.1, 0.15) is 45.4 Å². The zero-order chi connectivity index (χ0) is 12.9. The number of rotatable bonds is 6. The molecule has 2 N–H and O–H groups in total. The Bertz CT molecular complexity index is 346. The molecule has 0 aliphatic heterocycles. The molecule has 0 aromatic heterocycles. The number of hydrogen-bond acceptors (Lipinski definition) is 3. The van der Waals surface area contributed by atoms with Crippen molar-refractivity contribution in [3.8, 4) is 0 Å². The van der Waals surface area contributed by atoms with Crippen LogP contribution in [0.3, 0.4) is 0 Å². The summed E-state index contributed by atoms with van der Waals surface area (Å²) >= 11 is 0. The first kappa shape index (κ1) is 14.4. The summed E-state index contributed by atoms with van der Waals surface area (Å²) in [4.78, 5) is 10.5. The molecule has 17 heavy (non-hydrogen) atoms. The molecule has 100 valence electrons. The van der Waals surface area contributed by atoms with Crippen LogP contribution < -0.4 is 4.72 Å². The summed E-state index contributed by atoms with van der Waals surface area (Å²) in [5, 5.41) is 8.57. The molecule has 1 fully saturated rings. The first-order chi connectivity index (χ1) is 7.89. The number of carboxylic acid groups (broad SMARTS) is 1. The highest BCUT2D eigenvalue weighted by Crippen LogP contribution is 2.24. The lowest BCUT2D eigenvalue weighted by Crippen LogP contribution is -2.37. The van der Waals surface area contributed by atoms with Crippen molar-refractivity contribution in [1.82, 2.24) is 4.72 Å². The fourth-order valence-corrected chi connectivity index (χ4v) is 4.07. The maximum Gasteiger partial charge on any atom is 0.304 e. The zero-order valence-electron chi connectivity index (χ0n) is 10.2. The summed E-state index contributed by atoms with van der Waals surface area (Å²) in [5.74, 6) is -0.618. The molecule has 0 spiro atoms. The molecule has 0 aromatic rings. The van der Waals surface area contributed by atoms with Crippen molar-refractivity contribution in [2.24, 2.45) is 5.92 Å². The number of carbonyl (C=O) groups is 1. The maximum absolute atomic E-state index is 11.8. The van der Waals surface area contributed by atoms with E-state index in [0.29, 0.717) is 0 Å². The van der Waals surface area contributed by atoms with Crippen LogP contribution in [0.4, 0.5) is 0 Å². The third-order valence-corrected chi connectivity index (χ3v) is 4.71. The fraction of sp³-hybridized carbons (Fsp3) is 0.909. The minimum atomic E-state index is -3.34. The molecule has 0 radical (unpaired) electrons. The number of carboxylic acids is 1. The van der Waals surface area contributed by atoms with Crippen LogP contribution in [-0.4, -0.2) is 31.3 Å². The van der Waals surface area contributed by atoms with E-state index in [2.05, 4.69) is 4.72 Å². The second-order valence-corrected chi connectivity index (χ2v) is 6.70. The van der Waals surface area contributed by atoms with Crippen LogP contribution in [0.2, 0.25) is 0 Å². The van der Waals surface area contributed by atoms with Gasteiger partial charge in [-0.1, -0.05) is 19.3 Å². The molecule has 6 heteroatoms. The van der Waals surface area contributed by atoms with Crippen LogP contribution in [0, 0.1) is 5.92 Å². The van der Waals surface area contributed by atoms with E-state index in [1.54, 1.807) is 6.92 Å². The number of sulfonamides is 1. The van der Waals surface area contributed by atoms with Crippen LogP contribution in [0.25, 0.3) is 0 Å². The fourth-order valence-electron chi connectivity index (χ4n) is 2.32. The van der Waals surface area contributed by atoms with E-state index in [1.165, 1.54) is 6.42 Å². The van der Waals surface area contributed by atoms with Gasteiger partial charge in [-0.15, -0.1) is 0 Å². The van der Waals surface area contributed by atoms with Crippen molar-refractivity contribution >= 4 is 16.0 Å². The van der Waals surface area contributed by atoms with Crippen molar-refractivity contribution in [3.05, 3.63) is 0 Å². The molecule has 1 rings (SSSR count). The molecule has 1 unspecified atom stereocenters. The van der Waals surface area contributed by atoms with Gasteiger partial charge in [0.25, 0.3) is 0 Å². The molecule has 5 nitrogen and oxygen atoms in total. The summed E-state index contributed by atoms with van der Waals surface area (Å²) in [5.41, 5.74) is 0. The van der Waals surface area contributed by atoms with Crippen molar-refractivity contribution in [1.29, 1.82) is 0 Å². The highest BCUT2D eigenvalue weighted by Gasteiger charge is 2.23. The minimum Gasteiger partial charge on any atom is -0.481 e. The first-order valence-corrected chi connectivity index (χ1v) is 7.76. The monoisotopic (exact) mass is 263 g/mol.